The summed E-state index contributed by atoms with van der Waals surface area (Å²) in [6.45, 7) is 1.58. The molecule has 2 rings (SSSR count). The molecular formula is C12H14F3N3O. The molecule has 1 fully saturated rings. The summed E-state index contributed by atoms with van der Waals surface area (Å²) in [6.07, 6.45) is -3.34. The van der Waals surface area contributed by atoms with E-state index in [1.165, 1.54) is 12.3 Å². The lowest BCUT2D eigenvalue weighted by molar-refractivity contribution is -0.213. The Morgan fingerprint density at radius 3 is 2.68 bits per heavy atom. The minimum atomic E-state index is -4.58. The number of hydrogen-bond acceptors (Lipinski definition) is 3. The number of nitrogens with zero attached hydrogens (tertiary/aromatic N) is 1. The van der Waals surface area contributed by atoms with E-state index < -0.39 is 24.0 Å². The van der Waals surface area contributed by atoms with Crippen molar-refractivity contribution >= 4 is 11.7 Å². The highest BCUT2D eigenvalue weighted by molar-refractivity contribution is 5.95. The van der Waals surface area contributed by atoms with Crippen molar-refractivity contribution in [2.75, 3.05) is 18.4 Å². The van der Waals surface area contributed by atoms with Gasteiger partial charge in [-0.15, -0.1) is 0 Å². The summed E-state index contributed by atoms with van der Waals surface area (Å²) in [5.41, 5.74) is -1.49. The highest BCUT2D eigenvalue weighted by atomic mass is 19.4. The summed E-state index contributed by atoms with van der Waals surface area (Å²) in [6, 6.07) is 3.16. The van der Waals surface area contributed by atoms with Crippen molar-refractivity contribution in [2.24, 2.45) is 5.41 Å². The number of aryl methyl sites for hydroxylation is 1. The third kappa shape index (κ3) is 2.56. The largest absolute Gasteiger partial charge is 0.404 e. The summed E-state index contributed by atoms with van der Waals surface area (Å²) in [5, 5.41) is 4.84. The van der Waals surface area contributed by atoms with Crippen LogP contribution in [0.15, 0.2) is 18.3 Å². The van der Waals surface area contributed by atoms with Crippen LogP contribution in [0.5, 0.6) is 0 Å². The molecule has 2 heterocycles. The minimum Gasteiger partial charge on any atom is -0.315 e. The Bertz CT molecular complexity index is 464. The summed E-state index contributed by atoms with van der Waals surface area (Å²) >= 11 is 0. The number of amides is 1. The predicted molar refractivity (Wildman–Crippen MR) is 63.6 cm³/mol. The highest BCUT2D eigenvalue weighted by Gasteiger charge is 2.61. The number of rotatable bonds is 2. The summed E-state index contributed by atoms with van der Waals surface area (Å²) < 4.78 is 39.3. The monoisotopic (exact) mass is 273 g/mol. The Kier molecular flexibility index (Phi) is 3.49. The lowest BCUT2D eigenvalue weighted by Gasteiger charge is -2.29. The average molecular weight is 273 g/mol. The quantitative estimate of drug-likeness (QED) is 0.865. The fourth-order valence-corrected chi connectivity index (χ4v) is 2.03. The summed E-state index contributed by atoms with van der Waals surface area (Å²) in [4.78, 5) is 15.8. The van der Waals surface area contributed by atoms with Gasteiger partial charge in [0, 0.05) is 12.7 Å². The normalized spacial score (nSPS) is 23.4. The van der Waals surface area contributed by atoms with Crippen LogP contribution in [-0.4, -0.2) is 30.2 Å². The van der Waals surface area contributed by atoms with Crippen LogP contribution in [0.1, 0.15) is 12.0 Å². The number of anilines is 1. The lowest BCUT2D eigenvalue weighted by Crippen LogP contribution is -2.49. The van der Waals surface area contributed by atoms with Crippen LogP contribution < -0.4 is 10.6 Å². The zero-order valence-corrected chi connectivity index (χ0v) is 10.3. The Morgan fingerprint density at radius 2 is 2.21 bits per heavy atom. The molecule has 1 atom stereocenters. The van der Waals surface area contributed by atoms with E-state index in [2.05, 4.69) is 15.6 Å². The van der Waals surface area contributed by atoms with Crippen molar-refractivity contribution < 1.29 is 18.0 Å². The molecule has 0 radical (unpaired) electrons. The minimum absolute atomic E-state index is 0.131. The SMILES string of the molecule is Cc1ccc(NC(=O)C2(C(F)(F)F)CCNC2)nc1. The fraction of sp³-hybridized carbons (Fsp3) is 0.500. The van der Waals surface area contributed by atoms with Crippen molar-refractivity contribution in [2.45, 2.75) is 19.5 Å². The van der Waals surface area contributed by atoms with Crippen LogP contribution in [-0.2, 0) is 4.79 Å². The van der Waals surface area contributed by atoms with Crippen LogP contribution in [0.2, 0.25) is 0 Å². The van der Waals surface area contributed by atoms with E-state index in [1.807, 2.05) is 0 Å². The van der Waals surface area contributed by atoms with Gasteiger partial charge in [0.25, 0.3) is 0 Å². The second kappa shape index (κ2) is 4.80. The second-order valence-electron chi connectivity index (χ2n) is 4.68. The maximum absolute atomic E-state index is 13.1. The smallest absolute Gasteiger partial charge is 0.315 e. The summed E-state index contributed by atoms with van der Waals surface area (Å²) in [7, 11) is 0. The van der Waals surface area contributed by atoms with Crippen LogP contribution in [0.25, 0.3) is 0 Å². The van der Waals surface area contributed by atoms with Gasteiger partial charge >= 0.3 is 6.18 Å². The molecule has 0 aliphatic carbocycles. The molecule has 1 aliphatic rings. The molecule has 0 spiro atoms. The topological polar surface area (TPSA) is 54.0 Å². The Labute approximate surface area is 108 Å². The third-order valence-electron chi connectivity index (χ3n) is 3.29. The molecule has 2 N–H and O–H groups in total. The second-order valence-corrected chi connectivity index (χ2v) is 4.68. The number of alkyl halides is 3. The molecule has 7 heteroatoms. The molecule has 104 valence electrons. The lowest BCUT2D eigenvalue weighted by atomic mass is 9.85. The van der Waals surface area contributed by atoms with Crippen molar-refractivity contribution in [3.8, 4) is 0 Å². The van der Waals surface area contributed by atoms with Crippen LogP contribution in [0, 0.1) is 12.3 Å². The van der Waals surface area contributed by atoms with Crippen molar-refractivity contribution in [3.63, 3.8) is 0 Å². The molecular weight excluding hydrogens is 259 g/mol. The molecule has 4 nitrogen and oxygen atoms in total. The highest BCUT2D eigenvalue weighted by Crippen LogP contribution is 2.43. The molecule has 1 unspecified atom stereocenters. The number of halogens is 3. The van der Waals surface area contributed by atoms with E-state index >= 15 is 0 Å². The Morgan fingerprint density at radius 1 is 1.47 bits per heavy atom. The zero-order valence-electron chi connectivity index (χ0n) is 10.3. The zero-order chi connectivity index (χ0) is 14.1. The van der Waals surface area contributed by atoms with E-state index in [0.717, 1.165) is 5.56 Å². The molecule has 1 aromatic heterocycles. The van der Waals surface area contributed by atoms with Gasteiger partial charge in [-0.25, -0.2) is 4.98 Å². The summed E-state index contributed by atoms with van der Waals surface area (Å²) in [5.74, 6) is -0.924. The van der Waals surface area contributed by atoms with Gasteiger partial charge in [0.2, 0.25) is 5.91 Å². The molecule has 1 aromatic rings. The van der Waals surface area contributed by atoms with Gasteiger partial charge in [0.05, 0.1) is 0 Å². The van der Waals surface area contributed by atoms with Crippen molar-refractivity contribution in [1.29, 1.82) is 0 Å². The van der Waals surface area contributed by atoms with Crippen LogP contribution in [0.3, 0.4) is 0 Å². The molecule has 1 aliphatic heterocycles. The first-order valence-corrected chi connectivity index (χ1v) is 5.87. The number of carbonyl (C=O) groups is 1. The fourth-order valence-electron chi connectivity index (χ4n) is 2.03. The number of aromatic nitrogens is 1. The van der Waals surface area contributed by atoms with Gasteiger partial charge in [-0.1, -0.05) is 6.07 Å². The van der Waals surface area contributed by atoms with Gasteiger partial charge in [-0.3, -0.25) is 4.79 Å². The van der Waals surface area contributed by atoms with Gasteiger partial charge in [-0.2, -0.15) is 13.2 Å². The van der Waals surface area contributed by atoms with E-state index in [1.54, 1.807) is 13.0 Å². The molecule has 19 heavy (non-hydrogen) atoms. The molecule has 1 amide bonds. The van der Waals surface area contributed by atoms with Crippen molar-refractivity contribution in [1.82, 2.24) is 10.3 Å². The van der Waals surface area contributed by atoms with E-state index in [-0.39, 0.29) is 18.8 Å². The predicted octanol–water partition coefficient (Wildman–Crippen LogP) is 1.87. The van der Waals surface area contributed by atoms with E-state index in [0.29, 0.717) is 0 Å². The molecule has 0 bridgehead atoms. The number of nitrogens with one attached hydrogen (secondary N) is 2. The first kappa shape index (κ1) is 13.8. The van der Waals surface area contributed by atoms with Gasteiger partial charge in [0.1, 0.15) is 5.82 Å². The van der Waals surface area contributed by atoms with Gasteiger partial charge in [-0.05, 0) is 31.5 Å². The first-order chi connectivity index (χ1) is 8.85. The first-order valence-electron chi connectivity index (χ1n) is 5.87. The maximum Gasteiger partial charge on any atom is 0.404 e. The van der Waals surface area contributed by atoms with E-state index in [9.17, 15) is 18.0 Å². The van der Waals surface area contributed by atoms with Gasteiger partial charge in [0.15, 0.2) is 5.41 Å². The van der Waals surface area contributed by atoms with Crippen LogP contribution in [0.4, 0.5) is 19.0 Å². The maximum atomic E-state index is 13.1. The van der Waals surface area contributed by atoms with E-state index in [4.69, 9.17) is 0 Å². The Balaban J connectivity index is 2.19. The average Bonchev–Trinajstić information content (AvgIpc) is 2.82. The third-order valence-corrected chi connectivity index (χ3v) is 3.29. The number of pyridine rings is 1. The standard InChI is InChI=1S/C12H14F3N3O/c1-8-2-3-9(17-6-8)18-10(19)11(12(13,14)15)4-5-16-7-11/h2-3,6,16H,4-5,7H2,1H3,(H,17,18,19). The number of hydrogen-bond donors (Lipinski definition) is 2. The van der Waals surface area contributed by atoms with Crippen LogP contribution >= 0.6 is 0 Å². The van der Waals surface area contributed by atoms with Gasteiger partial charge < -0.3 is 10.6 Å². The number of carbonyl (C=O) groups excluding carboxylic acids is 1. The molecule has 1 saturated heterocycles. The molecule has 0 aromatic carbocycles. The molecule has 0 saturated carbocycles. The Hall–Kier alpha value is -1.63. The van der Waals surface area contributed by atoms with Crippen molar-refractivity contribution in [3.05, 3.63) is 23.9 Å².